The Bertz CT molecular complexity index is 1670. The zero-order valence-corrected chi connectivity index (χ0v) is 28.7. The van der Waals surface area contributed by atoms with E-state index in [0.717, 1.165) is 65.6 Å². The number of aryl methyl sites for hydroxylation is 2. The van der Waals surface area contributed by atoms with Gasteiger partial charge in [-0.25, -0.2) is 9.18 Å². The normalized spacial score (nSPS) is 17.6. The number of aliphatic carboxylic acids is 1. The first-order valence-electron chi connectivity index (χ1n) is 16.3. The molecule has 3 heterocycles. The van der Waals surface area contributed by atoms with Crippen LogP contribution < -0.4 is 9.64 Å². The molecule has 2 aliphatic rings. The third-order valence-corrected chi connectivity index (χ3v) is 9.13. The highest BCUT2D eigenvalue weighted by Crippen LogP contribution is 2.45. The summed E-state index contributed by atoms with van der Waals surface area (Å²) >= 11 is 0. The molecule has 1 atom stereocenters. The summed E-state index contributed by atoms with van der Waals surface area (Å²) in [6.07, 6.45) is -3.53. The number of piperidine rings is 1. The molecule has 0 spiro atoms. The number of hydrogen-bond donors (Lipinski definition) is 1. The first-order chi connectivity index (χ1) is 22.3. The zero-order valence-electron chi connectivity index (χ0n) is 28.7. The van der Waals surface area contributed by atoms with Gasteiger partial charge in [0.2, 0.25) is 0 Å². The number of aromatic nitrogens is 1. The van der Waals surface area contributed by atoms with Gasteiger partial charge in [-0.05, 0) is 93.7 Å². The number of fused-ring (bicyclic) bond motifs is 1. The van der Waals surface area contributed by atoms with Crippen molar-refractivity contribution in [3.63, 3.8) is 0 Å². The lowest BCUT2D eigenvalue weighted by molar-refractivity contribution is -0.274. The molecule has 1 saturated heterocycles. The smallest absolute Gasteiger partial charge is 0.479 e. The molecule has 1 aromatic heterocycles. The summed E-state index contributed by atoms with van der Waals surface area (Å²) in [5.74, 6) is -2.43. The molecule has 0 aliphatic carbocycles. The van der Waals surface area contributed by atoms with Crippen molar-refractivity contribution in [2.24, 2.45) is 5.41 Å². The second kappa shape index (κ2) is 13.3. The molecule has 0 unspecified atom stereocenters. The number of carbonyl (C=O) groups is 1. The Kier molecular flexibility index (Phi) is 9.87. The van der Waals surface area contributed by atoms with Crippen molar-refractivity contribution >= 4 is 11.7 Å². The van der Waals surface area contributed by atoms with Gasteiger partial charge >= 0.3 is 12.3 Å². The van der Waals surface area contributed by atoms with Crippen LogP contribution in [0.3, 0.4) is 0 Å². The molecule has 3 aromatic rings. The fraction of sp³-hybridized carbons (Fsp3) is 0.514. The molecule has 7 nitrogen and oxygen atoms in total. The lowest BCUT2D eigenvalue weighted by atomic mass is 9.81. The Labute approximate surface area is 279 Å². The number of rotatable bonds is 8. The quantitative estimate of drug-likeness (QED) is 0.241. The number of carboxylic acid groups (broad SMARTS) is 1. The van der Waals surface area contributed by atoms with Gasteiger partial charge in [0.05, 0.1) is 11.3 Å². The van der Waals surface area contributed by atoms with Gasteiger partial charge in [-0.2, -0.15) is 0 Å². The summed E-state index contributed by atoms with van der Waals surface area (Å²) in [5.41, 5.74) is 6.73. The summed E-state index contributed by atoms with van der Waals surface area (Å²) in [6, 6.07) is 9.39. The Hall–Kier alpha value is -3.70. The molecule has 1 N–H and O–H groups in total. The van der Waals surface area contributed by atoms with E-state index < -0.39 is 35.6 Å². The highest BCUT2D eigenvalue weighted by atomic mass is 19.4. The van der Waals surface area contributed by atoms with E-state index in [0.29, 0.717) is 36.3 Å². The first kappa shape index (κ1) is 35.6. The standard InChI is InChI=1S/C37H45F4N3O4/c1-22-30(32(44-14-11-36(6,7)12-15-44)31(23(2)42-22)33(34(45)46)48-35(3,4)5)26-8-9-27-21-43(13-10-25(27)18-26)20-24-16-28(38)19-29(17-24)47-37(39,40)41/h8-9,16-19,33H,10-15,20-21H2,1-7H3,(H,45,46)/t33-/m0/s1. The molecule has 5 rings (SSSR count). The molecule has 0 bridgehead atoms. The molecule has 2 aromatic carbocycles. The maximum Gasteiger partial charge on any atom is 0.573 e. The van der Waals surface area contributed by atoms with Crippen molar-refractivity contribution in [1.82, 2.24) is 9.88 Å². The summed E-state index contributed by atoms with van der Waals surface area (Å²) in [5, 5.41) is 10.5. The second-order valence-corrected chi connectivity index (χ2v) is 14.8. The number of carboxylic acids is 1. The van der Waals surface area contributed by atoms with Crippen molar-refractivity contribution < 1.29 is 36.9 Å². The number of nitrogens with zero attached hydrogens (tertiary/aromatic N) is 3. The minimum absolute atomic E-state index is 0.179. The van der Waals surface area contributed by atoms with Gasteiger partial charge in [-0.1, -0.05) is 32.0 Å². The largest absolute Gasteiger partial charge is 0.573 e. The number of alkyl halides is 3. The minimum Gasteiger partial charge on any atom is -0.479 e. The van der Waals surface area contributed by atoms with Crippen LogP contribution >= 0.6 is 0 Å². The van der Waals surface area contributed by atoms with E-state index in [2.05, 4.69) is 34.5 Å². The molecular formula is C37H45F4N3O4. The van der Waals surface area contributed by atoms with Gasteiger partial charge in [-0.15, -0.1) is 13.2 Å². The van der Waals surface area contributed by atoms with Gasteiger partial charge in [0.15, 0.2) is 6.10 Å². The summed E-state index contributed by atoms with van der Waals surface area (Å²) in [7, 11) is 0. The maximum atomic E-state index is 14.2. The second-order valence-electron chi connectivity index (χ2n) is 14.8. The van der Waals surface area contributed by atoms with Crippen molar-refractivity contribution in [1.29, 1.82) is 0 Å². The summed E-state index contributed by atoms with van der Waals surface area (Å²) < 4.78 is 62.6. The van der Waals surface area contributed by atoms with Gasteiger partial charge in [-0.3, -0.25) is 9.88 Å². The molecule has 48 heavy (non-hydrogen) atoms. The van der Waals surface area contributed by atoms with E-state index in [4.69, 9.17) is 9.72 Å². The number of anilines is 1. The minimum atomic E-state index is -4.91. The number of halogens is 4. The van der Waals surface area contributed by atoms with Crippen LogP contribution in [0.15, 0.2) is 36.4 Å². The van der Waals surface area contributed by atoms with Crippen LogP contribution in [-0.2, 0) is 29.0 Å². The average molecular weight is 672 g/mol. The van der Waals surface area contributed by atoms with Crippen molar-refractivity contribution in [2.75, 3.05) is 24.5 Å². The Balaban J connectivity index is 1.51. The van der Waals surface area contributed by atoms with Gasteiger partial charge in [0, 0.05) is 61.3 Å². The van der Waals surface area contributed by atoms with Crippen LogP contribution in [-0.4, -0.2) is 52.6 Å². The van der Waals surface area contributed by atoms with E-state index in [1.807, 2.05) is 46.8 Å². The third kappa shape index (κ3) is 8.47. The number of ether oxygens (including phenoxy) is 2. The summed E-state index contributed by atoms with van der Waals surface area (Å²) in [6.45, 7) is 16.8. The topological polar surface area (TPSA) is 75.1 Å². The lowest BCUT2D eigenvalue weighted by Crippen LogP contribution is -2.39. The van der Waals surface area contributed by atoms with Gasteiger partial charge < -0.3 is 19.5 Å². The van der Waals surface area contributed by atoms with Crippen molar-refractivity contribution in [3.05, 3.63) is 75.9 Å². The maximum absolute atomic E-state index is 14.2. The molecule has 260 valence electrons. The molecule has 0 radical (unpaired) electrons. The van der Waals surface area contributed by atoms with E-state index in [-0.39, 0.29) is 12.0 Å². The predicted molar refractivity (Wildman–Crippen MR) is 176 cm³/mol. The molecular weight excluding hydrogens is 626 g/mol. The lowest BCUT2D eigenvalue weighted by Gasteiger charge is -2.41. The molecule has 0 saturated carbocycles. The van der Waals surface area contributed by atoms with E-state index >= 15 is 0 Å². The van der Waals surface area contributed by atoms with Crippen LogP contribution in [0, 0.1) is 25.1 Å². The van der Waals surface area contributed by atoms with Gasteiger partial charge in [0.25, 0.3) is 0 Å². The number of benzene rings is 2. The Morgan fingerprint density at radius 1 is 1.00 bits per heavy atom. The number of pyridine rings is 1. The highest BCUT2D eigenvalue weighted by molar-refractivity contribution is 5.88. The van der Waals surface area contributed by atoms with E-state index in [1.165, 1.54) is 12.1 Å². The van der Waals surface area contributed by atoms with Crippen LogP contribution in [0.25, 0.3) is 11.1 Å². The SMILES string of the molecule is Cc1nc(C)c([C@H](OC(C)(C)C)C(=O)O)c(N2CCC(C)(C)CC2)c1-c1ccc2c(c1)CCN(Cc1cc(F)cc(OC(F)(F)F)c1)C2. The monoisotopic (exact) mass is 671 g/mol. The molecule has 1 fully saturated rings. The molecule has 11 heteroatoms. The first-order valence-corrected chi connectivity index (χ1v) is 16.3. The van der Waals surface area contributed by atoms with Crippen LogP contribution in [0.4, 0.5) is 23.2 Å². The highest BCUT2D eigenvalue weighted by Gasteiger charge is 2.37. The van der Waals surface area contributed by atoms with Crippen molar-refractivity contribution in [3.8, 4) is 16.9 Å². The van der Waals surface area contributed by atoms with Gasteiger partial charge in [0.1, 0.15) is 11.6 Å². The van der Waals surface area contributed by atoms with Crippen LogP contribution in [0.1, 0.15) is 87.2 Å². The average Bonchev–Trinajstić information content (AvgIpc) is 2.94. The fourth-order valence-electron chi connectivity index (χ4n) is 6.82. The van der Waals surface area contributed by atoms with E-state index in [1.54, 1.807) is 0 Å². The van der Waals surface area contributed by atoms with Crippen molar-refractivity contribution in [2.45, 2.75) is 98.9 Å². The Morgan fingerprint density at radius 2 is 1.69 bits per heavy atom. The van der Waals surface area contributed by atoms with E-state index in [9.17, 15) is 27.5 Å². The predicted octanol–water partition coefficient (Wildman–Crippen LogP) is 8.53. The summed E-state index contributed by atoms with van der Waals surface area (Å²) in [4.78, 5) is 22.0. The molecule has 2 aliphatic heterocycles. The molecule has 0 amide bonds. The van der Waals surface area contributed by atoms with Crippen LogP contribution in [0.2, 0.25) is 0 Å². The van der Waals surface area contributed by atoms with Crippen LogP contribution in [0.5, 0.6) is 5.75 Å². The third-order valence-electron chi connectivity index (χ3n) is 9.13. The number of hydrogen-bond acceptors (Lipinski definition) is 6. The zero-order chi connectivity index (χ0) is 35.2. The fourth-order valence-corrected chi connectivity index (χ4v) is 6.82. The Morgan fingerprint density at radius 3 is 2.31 bits per heavy atom.